The average molecular weight is 251 g/mol. The SMILES string of the molecule is COc1cc(Cl)cc(Br)c1CN. The van der Waals surface area contributed by atoms with Crippen molar-refractivity contribution in [2.24, 2.45) is 5.73 Å². The molecule has 0 heterocycles. The van der Waals surface area contributed by atoms with Crippen LogP contribution in [0.15, 0.2) is 16.6 Å². The molecule has 0 unspecified atom stereocenters. The molecular weight excluding hydrogens is 241 g/mol. The van der Waals surface area contributed by atoms with Crippen LogP contribution in [0.1, 0.15) is 5.56 Å². The van der Waals surface area contributed by atoms with E-state index >= 15 is 0 Å². The van der Waals surface area contributed by atoms with E-state index in [0.29, 0.717) is 11.6 Å². The van der Waals surface area contributed by atoms with Gasteiger partial charge in [0.15, 0.2) is 0 Å². The van der Waals surface area contributed by atoms with E-state index in [9.17, 15) is 0 Å². The Balaban J connectivity index is 3.24. The topological polar surface area (TPSA) is 35.2 Å². The molecule has 0 aliphatic heterocycles. The maximum Gasteiger partial charge on any atom is 0.125 e. The zero-order valence-electron chi connectivity index (χ0n) is 6.60. The van der Waals surface area contributed by atoms with Crippen molar-refractivity contribution in [3.05, 3.63) is 27.2 Å². The Hall–Kier alpha value is -0.250. The fourth-order valence-electron chi connectivity index (χ4n) is 0.960. The first-order valence-electron chi connectivity index (χ1n) is 3.41. The number of hydrogen-bond donors (Lipinski definition) is 1. The van der Waals surface area contributed by atoms with Gasteiger partial charge in [-0.05, 0) is 12.1 Å². The number of hydrogen-bond acceptors (Lipinski definition) is 2. The van der Waals surface area contributed by atoms with Crippen LogP contribution >= 0.6 is 27.5 Å². The summed E-state index contributed by atoms with van der Waals surface area (Å²) < 4.78 is 5.99. The van der Waals surface area contributed by atoms with E-state index in [1.54, 1.807) is 19.2 Å². The summed E-state index contributed by atoms with van der Waals surface area (Å²) >= 11 is 9.16. The van der Waals surface area contributed by atoms with E-state index in [-0.39, 0.29) is 0 Å². The van der Waals surface area contributed by atoms with Gasteiger partial charge in [0, 0.05) is 21.6 Å². The largest absolute Gasteiger partial charge is 0.496 e. The van der Waals surface area contributed by atoms with Crippen molar-refractivity contribution in [2.45, 2.75) is 6.54 Å². The lowest BCUT2D eigenvalue weighted by Crippen LogP contribution is -2.00. The molecule has 1 aromatic carbocycles. The molecule has 12 heavy (non-hydrogen) atoms. The highest BCUT2D eigenvalue weighted by Crippen LogP contribution is 2.30. The Morgan fingerprint density at radius 3 is 2.75 bits per heavy atom. The number of methoxy groups -OCH3 is 1. The first-order valence-corrected chi connectivity index (χ1v) is 4.58. The zero-order valence-corrected chi connectivity index (χ0v) is 8.95. The molecule has 0 fully saturated rings. The highest BCUT2D eigenvalue weighted by molar-refractivity contribution is 9.10. The van der Waals surface area contributed by atoms with Gasteiger partial charge in [0.25, 0.3) is 0 Å². The van der Waals surface area contributed by atoms with E-state index in [4.69, 9.17) is 22.1 Å². The Bertz CT molecular complexity index is 291. The Kier molecular flexibility index (Phi) is 3.38. The van der Waals surface area contributed by atoms with Crippen molar-refractivity contribution in [2.75, 3.05) is 7.11 Å². The lowest BCUT2D eigenvalue weighted by Gasteiger charge is -2.08. The van der Waals surface area contributed by atoms with Crippen LogP contribution in [0.5, 0.6) is 5.75 Å². The van der Waals surface area contributed by atoms with E-state index < -0.39 is 0 Å². The van der Waals surface area contributed by atoms with Gasteiger partial charge >= 0.3 is 0 Å². The molecule has 0 aromatic heterocycles. The van der Waals surface area contributed by atoms with Gasteiger partial charge in [-0.25, -0.2) is 0 Å². The van der Waals surface area contributed by atoms with Gasteiger partial charge in [-0.2, -0.15) is 0 Å². The molecule has 0 spiro atoms. The Morgan fingerprint density at radius 2 is 2.25 bits per heavy atom. The van der Waals surface area contributed by atoms with Crippen molar-refractivity contribution in [1.29, 1.82) is 0 Å². The highest BCUT2D eigenvalue weighted by atomic mass is 79.9. The molecule has 0 aliphatic carbocycles. The van der Waals surface area contributed by atoms with Crippen molar-refractivity contribution in [1.82, 2.24) is 0 Å². The summed E-state index contributed by atoms with van der Waals surface area (Å²) in [6.07, 6.45) is 0. The molecule has 1 rings (SSSR count). The van der Waals surface area contributed by atoms with Crippen LogP contribution in [-0.2, 0) is 6.54 Å². The molecule has 66 valence electrons. The molecule has 2 nitrogen and oxygen atoms in total. The minimum absolute atomic E-state index is 0.431. The summed E-state index contributed by atoms with van der Waals surface area (Å²) in [6.45, 7) is 0.431. The molecule has 0 bridgehead atoms. The number of nitrogens with two attached hydrogens (primary N) is 1. The van der Waals surface area contributed by atoms with Crippen LogP contribution in [0.2, 0.25) is 5.02 Å². The number of rotatable bonds is 2. The van der Waals surface area contributed by atoms with Gasteiger partial charge in [-0.3, -0.25) is 0 Å². The predicted molar refractivity (Wildman–Crippen MR) is 53.6 cm³/mol. The molecule has 0 amide bonds. The first kappa shape index (κ1) is 9.84. The van der Waals surface area contributed by atoms with Crippen LogP contribution in [0, 0.1) is 0 Å². The molecule has 0 atom stereocenters. The third-order valence-electron chi connectivity index (χ3n) is 1.54. The second-order valence-electron chi connectivity index (χ2n) is 2.27. The maximum atomic E-state index is 5.81. The fourth-order valence-corrected chi connectivity index (χ4v) is 1.90. The van der Waals surface area contributed by atoms with E-state index in [1.165, 1.54) is 0 Å². The molecule has 1 aromatic rings. The lowest BCUT2D eigenvalue weighted by atomic mass is 10.2. The predicted octanol–water partition coefficient (Wildman–Crippen LogP) is 2.57. The third kappa shape index (κ3) is 1.91. The van der Waals surface area contributed by atoms with Gasteiger partial charge in [0.05, 0.1) is 7.11 Å². The van der Waals surface area contributed by atoms with Crippen LogP contribution < -0.4 is 10.5 Å². The average Bonchev–Trinajstić information content (AvgIpc) is 2.03. The van der Waals surface area contributed by atoms with Crippen molar-refractivity contribution < 1.29 is 4.74 Å². The summed E-state index contributed by atoms with van der Waals surface area (Å²) in [5.74, 6) is 0.719. The monoisotopic (exact) mass is 249 g/mol. The van der Waals surface area contributed by atoms with Crippen molar-refractivity contribution in [3.63, 3.8) is 0 Å². The first-order chi connectivity index (χ1) is 5.69. The van der Waals surface area contributed by atoms with Gasteiger partial charge in [0.2, 0.25) is 0 Å². The number of benzene rings is 1. The van der Waals surface area contributed by atoms with Crippen LogP contribution in [0.3, 0.4) is 0 Å². The lowest BCUT2D eigenvalue weighted by molar-refractivity contribution is 0.409. The zero-order chi connectivity index (χ0) is 9.14. The minimum Gasteiger partial charge on any atom is -0.496 e. The van der Waals surface area contributed by atoms with E-state index in [1.807, 2.05) is 0 Å². The summed E-state index contributed by atoms with van der Waals surface area (Å²) in [6, 6.07) is 3.54. The minimum atomic E-state index is 0.431. The van der Waals surface area contributed by atoms with E-state index in [2.05, 4.69) is 15.9 Å². The van der Waals surface area contributed by atoms with Crippen LogP contribution in [0.4, 0.5) is 0 Å². The molecule has 4 heteroatoms. The molecule has 0 radical (unpaired) electrons. The molecule has 0 saturated carbocycles. The molecular formula is C8H9BrClNO. The van der Waals surface area contributed by atoms with Crippen molar-refractivity contribution >= 4 is 27.5 Å². The second-order valence-corrected chi connectivity index (χ2v) is 3.56. The number of halogens is 2. The summed E-state index contributed by atoms with van der Waals surface area (Å²) in [4.78, 5) is 0. The quantitative estimate of drug-likeness (QED) is 0.875. The van der Waals surface area contributed by atoms with Crippen LogP contribution in [-0.4, -0.2) is 7.11 Å². The third-order valence-corrected chi connectivity index (χ3v) is 2.47. The maximum absolute atomic E-state index is 5.81. The van der Waals surface area contributed by atoms with Gasteiger partial charge in [-0.1, -0.05) is 27.5 Å². The van der Waals surface area contributed by atoms with E-state index in [0.717, 1.165) is 15.8 Å². The van der Waals surface area contributed by atoms with Gasteiger partial charge in [0.1, 0.15) is 5.75 Å². The van der Waals surface area contributed by atoms with Crippen molar-refractivity contribution in [3.8, 4) is 5.75 Å². The fraction of sp³-hybridized carbons (Fsp3) is 0.250. The Morgan fingerprint density at radius 1 is 1.58 bits per heavy atom. The molecule has 2 N–H and O–H groups in total. The molecule has 0 saturated heterocycles. The summed E-state index contributed by atoms with van der Waals surface area (Å²) in [5.41, 5.74) is 6.46. The van der Waals surface area contributed by atoms with Crippen LogP contribution in [0.25, 0.3) is 0 Å². The summed E-state index contributed by atoms with van der Waals surface area (Å²) in [5, 5.41) is 0.635. The smallest absolute Gasteiger partial charge is 0.125 e. The normalized spacial score (nSPS) is 10.0. The summed E-state index contributed by atoms with van der Waals surface area (Å²) in [7, 11) is 1.59. The van der Waals surface area contributed by atoms with Gasteiger partial charge < -0.3 is 10.5 Å². The number of ether oxygens (including phenoxy) is 1. The second kappa shape index (κ2) is 4.12. The standard InChI is InChI=1S/C8H9BrClNO/c1-12-8-3-5(10)2-7(9)6(8)4-11/h2-3H,4,11H2,1H3. The van der Waals surface area contributed by atoms with Gasteiger partial charge in [-0.15, -0.1) is 0 Å². The molecule has 0 aliphatic rings. The Labute approximate surface area is 84.8 Å². The highest BCUT2D eigenvalue weighted by Gasteiger charge is 2.06.